The van der Waals surface area contributed by atoms with E-state index < -0.39 is 0 Å². The van der Waals surface area contributed by atoms with Crippen LogP contribution in [0, 0.1) is 5.92 Å². The van der Waals surface area contributed by atoms with Gasteiger partial charge in [-0.1, -0.05) is 43.5 Å². The minimum Gasteiger partial charge on any atom is -0.294 e. The summed E-state index contributed by atoms with van der Waals surface area (Å²) < 4.78 is 0. The molecule has 1 saturated carbocycles. The lowest BCUT2D eigenvalue weighted by Gasteiger charge is -2.12. The maximum absolute atomic E-state index is 12.5. The zero-order valence-corrected chi connectivity index (χ0v) is 12.2. The summed E-state index contributed by atoms with van der Waals surface area (Å²) in [5.41, 5.74) is 2.07. The van der Waals surface area contributed by atoms with E-state index in [2.05, 4.69) is 6.92 Å². The van der Waals surface area contributed by atoms with Gasteiger partial charge in [-0.2, -0.15) is 0 Å². The number of carbonyl (C=O) groups is 1. The van der Waals surface area contributed by atoms with Crippen molar-refractivity contribution in [2.24, 2.45) is 5.92 Å². The second kappa shape index (κ2) is 6.91. The van der Waals surface area contributed by atoms with Crippen molar-refractivity contribution in [3.05, 3.63) is 40.4 Å². The van der Waals surface area contributed by atoms with Crippen LogP contribution in [0.3, 0.4) is 0 Å². The van der Waals surface area contributed by atoms with Gasteiger partial charge in [0.25, 0.3) is 0 Å². The molecule has 0 N–H and O–H groups in total. The van der Waals surface area contributed by atoms with Crippen LogP contribution >= 0.6 is 11.6 Å². The Morgan fingerprint density at radius 2 is 2.00 bits per heavy atom. The fourth-order valence-corrected chi connectivity index (χ4v) is 2.88. The number of hydrogen-bond acceptors (Lipinski definition) is 1. The summed E-state index contributed by atoms with van der Waals surface area (Å²) in [6.45, 7) is 2.15. The van der Waals surface area contributed by atoms with Crippen LogP contribution in [0.4, 0.5) is 0 Å². The number of hydrogen-bond donors (Lipinski definition) is 0. The van der Waals surface area contributed by atoms with Gasteiger partial charge in [0.2, 0.25) is 0 Å². The lowest BCUT2D eigenvalue weighted by atomic mass is 9.91. The molecule has 19 heavy (non-hydrogen) atoms. The van der Waals surface area contributed by atoms with E-state index in [0.29, 0.717) is 5.78 Å². The van der Waals surface area contributed by atoms with Crippen LogP contribution in [0.1, 0.15) is 51.0 Å². The summed E-state index contributed by atoms with van der Waals surface area (Å²) in [5.74, 6) is 0.611. The molecule has 2 heteroatoms. The lowest BCUT2D eigenvalue weighted by Crippen LogP contribution is -2.14. The van der Waals surface area contributed by atoms with Crippen molar-refractivity contribution in [1.82, 2.24) is 0 Å². The normalized spacial score (nSPS) is 22.5. The quantitative estimate of drug-likeness (QED) is 0.542. The second-order valence-electron chi connectivity index (χ2n) is 5.32. The molecule has 0 aromatic heterocycles. The van der Waals surface area contributed by atoms with Crippen LogP contribution in [0.5, 0.6) is 0 Å². The molecular weight excluding hydrogens is 256 g/mol. The molecule has 102 valence electrons. The largest absolute Gasteiger partial charge is 0.294 e. The van der Waals surface area contributed by atoms with E-state index in [4.69, 9.17) is 11.6 Å². The van der Waals surface area contributed by atoms with Crippen molar-refractivity contribution in [2.75, 3.05) is 0 Å². The van der Waals surface area contributed by atoms with E-state index in [1.54, 1.807) is 0 Å². The van der Waals surface area contributed by atoms with Gasteiger partial charge < -0.3 is 0 Å². The van der Waals surface area contributed by atoms with Crippen LogP contribution in [0.25, 0.3) is 6.08 Å². The summed E-state index contributed by atoms with van der Waals surface area (Å²) in [7, 11) is 0. The SMILES string of the molecule is CCCC1CCCCC(=Cc2ccc(Cl)cc2)C1=O. The summed E-state index contributed by atoms with van der Waals surface area (Å²) in [6, 6.07) is 7.70. The standard InChI is InChI=1S/C17H21ClO/c1-2-5-14-6-3-4-7-15(17(14)19)12-13-8-10-16(18)11-9-13/h8-12,14H,2-7H2,1H3. The molecule has 0 spiro atoms. The Bertz CT molecular complexity index is 459. The monoisotopic (exact) mass is 276 g/mol. The Morgan fingerprint density at radius 1 is 1.26 bits per heavy atom. The number of allylic oxidation sites excluding steroid dienone is 1. The fraction of sp³-hybridized carbons (Fsp3) is 0.471. The first-order chi connectivity index (χ1) is 9.20. The zero-order valence-electron chi connectivity index (χ0n) is 11.5. The van der Waals surface area contributed by atoms with Crippen molar-refractivity contribution in [2.45, 2.75) is 45.4 Å². The third kappa shape index (κ3) is 3.94. The molecule has 2 rings (SSSR count). The number of halogens is 1. The average Bonchev–Trinajstić information content (AvgIpc) is 2.57. The number of rotatable bonds is 3. The van der Waals surface area contributed by atoms with Gasteiger partial charge in [-0.3, -0.25) is 4.79 Å². The molecule has 1 aliphatic rings. The summed E-state index contributed by atoms with van der Waals surface area (Å²) >= 11 is 5.89. The molecule has 0 bridgehead atoms. The first-order valence-corrected chi connectivity index (χ1v) is 7.59. The number of benzene rings is 1. The maximum Gasteiger partial charge on any atom is 0.161 e. The van der Waals surface area contributed by atoms with Crippen LogP contribution in [0.15, 0.2) is 29.8 Å². The molecule has 1 aromatic rings. The highest BCUT2D eigenvalue weighted by molar-refractivity contribution is 6.30. The molecular formula is C17H21ClO. The smallest absolute Gasteiger partial charge is 0.161 e. The highest BCUT2D eigenvalue weighted by Crippen LogP contribution is 2.28. The van der Waals surface area contributed by atoms with Crippen molar-refractivity contribution in [3.63, 3.8) is 0 Å². The van der Waals surface area contributed by atoms with Crippen LogP contribution < -0.4 is 0 Å². The molecule has 0 saturated heterocycles. The summed E-state index contributed by atoms with van der Waals surface area (Å²) in [6.07, 6.45) is 8.44. The van der Waals surface area contributed by atoms with Crippen LogP contribution in [-0.2, 0) is 4.79 Å². The third-order valence-electron chi connectivity index (χ3n) is 3.78. The van der Waals surface area contributed by atoms with Gasteiger partial charge in [0.1, 0.15) is 0 Å². The van der Waals surface area contributed by atoms with E-state index in [9.17, 15) is 4.79 Å². The molecule has 0 aliphatic heterocycles. The summed E-state index contributed by atoms with van der Waals surface area (Å²) in [4.78, 5) is 12.5. The predicted molar refractivity (Wildman–Crippen MR) is 81.3 cm³/mol. The molecule has 1 unspecified atom stereocenters. The first kappa shape index (κ1) is 14.3. The minimum absolute atomic E-state index is 0.242. The Hall–Kier alpha value is -1.08. The van der Waals surface area contributed by atoms with E-state index >= 15 is 0 Å². The van der Waals surface area contributed by atoms with E-state index in [-0.39, 0.29) is 5.92 Å². The Balaban J connectivity index is 2.20. The molecule has 0 amide bonds. The third-order valence-corrected chi connectivity index (χ3v) is 4.04. The molecule has 1 aromatic carbocycles. The van der Waals surface area contributed by atoms with E-state index in [0.717, 1.165) is 48.3 Å². The Kier molecular flexibility index (Phi) is 5.21. The fourth-order valence-electron chi connectivity index (χ4n) is 2.75. The maximum atomic E-state index is 12.5. The van der Waals surface area contributed by atoms with Gasteiger partial charge in [0, 0.05) is 10.9 Å². The van der Waals surface area contributed by atoms with E-state index in [1.807, 2.05) is 30.3 Å². The van der Waals surface area contributed by atoms with Crippen molar-refractivity contribution in [3.8, 4) is 0 Å². The van der Waals surface area contributed by atoms with Gasteiger partial charge in [-0.15, -0.1) is 0 Å². The predicted octanol–water partition coefficient (Wildman–Crippen LogP) is 5.28. The van der Waals surface area contributed by atoms with Gasteiger partial charge in [0.05, 0.1) is 0 Å². The topological polar surface area (TPSA) is 17.1 Å². The lowest BCUT2D eigenvalue weighted by molar-refractivity contribution is -0.119. The highest BCUT2D eigenvalue weighted by atomic mass is 35.5. The molecule has 0 radical (unpaired) electrons. The second-order valence-corrected chi connectivity index (χ2v) is 5.75. The van der Waals surface area contributed by atoms with E-state index in [1.165, 1.54) is 6.42 Å². The van der Waals surface area contributed by atoms with Crippen molar-refractivity contribution >= 4 is 23.5 Å². The minimum atomic E-state index is 0.242. The van der Waals surface area contributed by atoms with Gasteiger partial charge >= 0.3 is 0 Å². The molecule has 1 atom stereocenters. The highest BCUT2D eigenvalue weighted by Gasteiger charge is 2.23. The number of ketones is 1. The molecule has 0 heterocycles. The average molecular weight is 277 g/mol. The molecule has 1 fully saturated rings. The molecule has 1 aliphatic carbocycles. The van der Waals surface area contributed by atoms with Crippen molar-refractivity contribution in [1.29, 1.82) is 0 Å². The van der Waals surface area contributed by atoms with Crippen LogP contribution in [0.2, 0.25) is 5.02 Å². The van der Waals surface area contributed by atoms with Gasteiger partial charge in [-0.25, -0.2) is 0 Å². The number of carbonyl (C=O) groups excluding carboxylic acids is 1. The Morgan fingerprint density at radius 3 is 2.68 bits per heavy atom. The van der Waals surface area contributed by atoms with Gasteiger partial charge in [-0.05, 0) is 55.0 Å². The summed E-state index contributed by atoms with van der Waals surface area (Å²) in [5, 5.41) is 0.734. The number of Topliss-reactive ketones (excluding diaryl/α,β-unsaturated/α-hetero) is 1. The molecule has 1 nitrogen and oxygen atoms in total. The van der Waals surface area contributed by atoms with Gasteiger partial charge in [0.15, 0.2) is 5.78 Å². The zero-order chi connectivity index (χ0) is 13.7. The van der Waals surface area contributed by atoms with Crippen LogP contribution in [-0.4, -0.2) is 5.78 Å². The Labute approximate surface area is 120 Å². The first-order valence-electron chi connectivity index (χ1n) is 7.21. The van der Waals surface area contributed by atoms with Crippen molar-refractivity contribution < 1.29 is 4.79 Å².